The van der Waals surface area contributed by atoms with Crippen molar-refractivity contribution in [3.63, 3.8) is 0 Å². The summed E-state index contributed by atoms with van der Waals surface area (Å²) in [6.07, 6.45) is 1.62. The van der Waals surface area contributed by atoms with Crippen molar-refractivity contribution < 1.29 is 4.79 Å². The first-order chi connectivity index (χ1) is 7.15. The van der Waals surface area contributed by atoms with Gasteiger partial charge in [0.2, 0.25) is 5.91 Å². The zero-order chi connectivity index (χ0) is 11.3. The van der Waals surface area contributed by atoms with Gasteiger partial charge in [0, 0.05) is 6.54 Å². The molecular formula is C12H16N2O. The fourth-order valence-corrected chi connectivity index (χ4v) is 1.21. The lowest BCUT2D eigenvalue weighted by Gasteiger charge is -2.11. The maximum atomic E-state index is 11.5. The SMILES string of the molecule is C=CCNC(=O)C(N)c1ccc(C)cc1. The summed E-state index contributed by atoms with van der Waals surface area (Å²) < 4.78 is 0. The van der Waals surface area contributed by atoms with Gasteiger partial charge >= 0.3 is 0 Å². The molecule has 0 aromatic heterocycles. The third-order valence-electron chi connectivity index (χ3n) is 2.14. The van der Waals surface area contributed by atoms with E-state index in [9.17, 15) is 4.79 Å². The van der Waals surface area contributed by atoms with Crippen LogP contribution in [0.25, 0.3) is 0 Å². The molecule has 0 spiro atoms. The highest BCUT2D eigenvalue weighted by Crippen LogP contribution is 2.11. The first kappa shape index (κ1) is 11.5. The van der Waals surface area contributed by atoms with Gasteiger partial charge in [-0.05, 0) is 12.5 Å². The summed E-state index contributed by atoms with van der Waals surface area (Å²) in [5.74, 6) is -0.182. The molecule has 3 nitrogen and oxygen atoms in total. The van der Waals surface area contributed by atoms with E-state index in [1.54, 1.807) is 6.08 Å². The zero-order valence-electron chi connectivity index (χ0n) is 8.86. The number of benzene rings is 1. The summed E-state index contributed by atoms with van der Waals surface area (Å²) in [7, 11) is 0. The van der Waals surface area contributed by atoms with Crippen molar-refractivity contribution in [3.05, 3.63) is 48.0 Å². The Morgan fingerprint density at radius 1 is 1.53 bits per heavy atom. The van der Waals surface area contributed by atoms with Crippen LogP contribution in [0.3, 0.4) is 0 Å². The van der Waals surface area contributed by atoms with Crippen molar-refractivity contribution in [2.45, 2.75) is 13.0 Å². The van der Waals surface area contributed by atoms with Gasteiger partial charge in [0.15, 0.2) is 0 Å². The molecular weight excluding hydrogens is 188 g/mol. The smallest absolute Gasteiger partial charge is 0.241 e. The number of hydrogen-bond donors (Lipinski definition) is 2. The van der Waals surface area contributed by atoms with Gasteiger partial charge in [-0.25, -0.2) is 0 Å². The quantitative estimate of drug-likeness (QED) is 0.726. The zero-order valence-corrected chi connectivity index (χ0v) is 8.86. The molecule has 0 saturated heterocycles. The number of amides is 1. The van der Waals surface area contributed by atoms with Gasteiger partial charge in [0.1, 0.15) is 6.04 Å². The summed E-state index contributed by atoms with van der Waals surface area (Å²) in [6.45, 7) is 5.96. The predicted molar refractivity (Wildman–Crippen MR) is 61.3 cm³/mol. The van der Waals surface area contributed by atoms with Crippen LogP contribution in [0.4, 0.5) is 0 Å². The molecule has 0 fully saturated rings. The second-order valence-corrected chi connectivity index (χ2v) is 3.42. The number of nitrogens with two attached hydrogens (primary N) is 1. The average molecular weight is 204 g/mol. The van der Waals surface area contributed by atoms with Gasteiger partial charge in [0.05, 0.1) is 0 Å². The fourth-order valence-electron chi connectivity index (χ4n) is 1.21. The maximum Gasteiger partial charge on any atom is 0.241 e. The van der Waals surface area contributed by atoms with Gasteiger partial charge in [-0.15, -0.1) is 6.58 Å². The van der Waals surface area contributed by atoms with Gasteiger partial charge in [-0.3, -0.25) is 4.79 Å². The Bertz CT molecular complexity index is 343. The Balaban J connectivity index is 2.67. The summed E-state index contributed by atoms with van der Waals surface area (Å²) >= 11 is 0. The molecule has 0 radical (unpaired) electrons. The first-order valence-corrected chi connectivity index (χ1v) is 4.86. The van der Waals surface area contributed by atoms with Crippen molar-refractivity contribution in [1.82, 2.24) is 5.32 Å². The molecule has 0 saturated carbocycles. The maximum absolute atomic E-state index is 11.5. The van der Waals surface area contributed by atoms with Crippen LogP contribution in [-0.2, 0) is 4.79 Å². The van der Waals surface area contributed by atoms with E-state index in [2.05, 4.69) is 11.9 Å². The van der Waals surface area contributed by atoms with Crippen molar-refractivity contribution in [1.29, 1.82) is 0 Å². The van der Waals surface area contributed by atoms with E-state index < -0.39 is 6.04 Å². The third kappa shape index (κ3) is 3.22. The molecule has 1 unspecified atom stereocenters. The van der Waals surface area contributed by atoms with Crippen molar-refractivity contribution in [2.75, 3.05) is 6.54 Å². The van der Waals surface area contributed by atoms with Crippen LogP contribution in [-0.4, -0.2) is 12.5 Å². The van der Waals surface area contributed by atoms with Crippen molar-refractivity contribution >= 4 is 5.91 Å². The van der Waals surface area contributed by atoms with Crippen LogP contribution in [0, 0.1) is 6.92 Å². The van der Waals surface area contributed by atoms with E-state index in [0.29, 0.717) is 6.54 Å². The highest BCUT2D eigenvalue weighted by molar-refractivity contribution is 5.83. The highest BCUT2D eigenvalue weighted by atomic mass is 16.2. The minimum absolute atomic E-state index is 0.182. The van der Waals surface area contributed by atoms with Crippen LogP contribution in [0.15, 0.2) is 36.9 Å². The molecule has 1 aromatic carbocycles. The number of hydrogen-bond acceptors (Lipinski definition) is 2. The van der Waals surface area contributed by atoms with Gasteiger partial charge in [0.25, 0.3) is 0 Å². The van der Waals surface area contributed by atoms with Crippen LogP contribution >= 0.6 is 0 Å². The number of aryl methyl sites for hydroxylation is 1. The van der Waals surface area contributed by atoms with Crippen LogP contribution in [0.2, 0.25) is 0 Å². The highest BCUT2D eigenvalue weighted by Gasteiger charge is 2.13. The van der Waals surface area contributed by atoms with E-state index in [4.69, 9.17) is 5.73 Å². The molecule has 1 atom stereocenters. The monoisotopic (exact) mass is 204 g/mol. The van der Waals surface area contributed by atoms with Gasteiger partial charge in [-0.2, -0.15) is 0 Å². The van der Waals surface area contributed by atoms with E-state index in [-0.39, 0.29) is 5.91 Å². The normalized spacial score (nSPS) is 11.9. The first-order valence-electron chi connectivity index (χ1n) is 4.86. The van der Waals surface area contributed by atoms with Crippen LogP contribution in [0.5, 0.6) is 0 Å². The molecule has 80 valence electrons. The van der Waals surface area contributed by atoms with E-state index in [1.807, 2.05) is 31.2 Å². The molecule has 1 rings (SSSR count). The van der Waals surface area contributed by atoms with E-state index >= 15 is 0 Å². The third-order valence-corrected chi connectivity index (χ3v) is 2.14. The minimum atomic E-state index is -0.606. The summed E-state index contributed by atoms with van der Waals surface area (Å²) in [4.78, 5) is 11.5. The topological polar surface area (TPSA) is 55.1 Å². The summed E-state index contributed by atoms with van der Waals surface area (Å²) in [6, 6.07) is 7.01. The lowest BCUT2D eigenvalue weighted by Crippen LogP contribution is -2.34. The van der Waals surface area contributed by atoms with Crippen molar-refractivity contribution in [3.8, 4) is 0 Å². The molecule has 0 aliphatic carbocycles. The fraction of sp³-hybridized carbons (Fsp3) is 0.250. The molecule has 15 heavy (non-hydrogen) atoms. The summed E-state index contributed by atoms with van der Waals surface area (Å²) in [5.41, 5.74) is 7.75. The van der Waals surface area contributed by atoms with Crippen molar-refractivity contribution in [2.24, 2.45) is 5.73 Å². The molecule has 3 N–H and O–H groups in total. The lowest BCUT2D eigenvalue weighted by atomic mass is 10.1. The Hall–Kier alpha value is -1.61. The standard InChI is InChI=1S/C12H16N2O/c1-3-8-14-12(15)11(13)10-6-4-9(2)5-7-10/h3-7,11H,1,8,13H2,2H3,(H,14,15). The Kier molecular flexibility index (Phi) is 4.06. The van der Waals surface area contributed by atoms with Crippen LogP contribution < -0.4 is 11.1 Å². The number of carbonyl (C=O) groups is 1. The largest absolute Gasteiger partial charge is 0.351 e. The Labute approximate surface area is 90.0 Å². The molecule has 3 heteroatoms. The second kappa shape index (κ2) is 5.32. The van der Waals surface area contributed by atoms with E-state index in [0.717, 1.165) is 11.1 Å². The minimum Gasteiger partial charge on any atom is -0.351 e. The Morgan fingerprint density at radius 3 is 2.67 bits per heavy atom. The number of rotatable bonds is 4. The molecule has 0 bridgehead atoms. The predicted octanol–water partition coefficient (Wildman–Crippen LogP) is 1.30. The van der Waals surface area contributed by atoms with Gasteiger partial charge in [-0.1, -0.05) is 35.9 Å². The average Bonchev–Trinajstić information content (AvgIpc) is 2.26. The van der Waals surface area contributed by atoms with Gasteiger partial charge < -0.3 is 11.1 Å². The lowest BCUT2D eigenvalue weighted by molar-refractivity contribution is -0.122. The number of nitrogens with one attached hydrogen (secondary N) is 1. The molecule has 0 heterocycles. The molecule has 0 aliphatic heterocycles. The molecule has 1 amide bonds. The number of carbonyl (C=O) groups excluding carboxylic acids is 1. The second-order valence-electron chi connectivity index (χ2n) is 3.42. The molecule has 0 aliphatic rings. The Morgan fingerprint density at radius 2 is 2.13 bits per heavy atom. The van der Waals surface area contributed by atoms with E-state index in [1.165, 1.54) is 0 Å². The molecule has 1 aromatic rings. The summed E-state index contributed by atoms with van der Waals surface area (Å²) in [5, 5.41) is 2.66. The van der Waals surface area contributed by atoms with Crippen LogP contribution in [0.1, 0.15) is 17.2 Å².